The van der Waals surface area contributed by atoms with E-state index in [1.165, 1.54) is 4.90 Å². The summed E-state index contributed by atoms with van der Waals surface area (Å²) in [7, 11) is 3.36. The molecule has 1 aliphatic rings. The number of nitrogens with zero attached hydrogens (tertiary/aromatic N) is 2. The van der Waals surface area contributed by atoms with Crippen molar-refractivity contribution >= 4 is 11.8 Å². The summed E-state index contributed by atoms with van der Waals surface area (Å²) in [4.78, 5) is 27.7. The van der Waals surface area contributed by atoms with Crippen molar-refractivity contribution in [3.05, 3.63) is 29.8 Å². The monoisotopic (exact) mass is 362 g/mol. The molecule has 6 nitrogen and oxygen atoms in total. The first-order valence-electron chi connectivity index (χ1n) is 9.20. The number of ether oxygens (including phenoxy) is 2. The maximum absolute atomic E-state index is 12.7. The molecule has 0 spiro atoms. The third kappa shape index (κ3) is 6.02. The van der Waals surface area contributed by atoms with Crippen LogP contribution in [0.4, 0.5) is 0 Å². The zero-order chi connectivity index (χ0) is 19.1. The molecule has 1 aromatic rings. The van der Waals surface area contributed by atoms with Crippen LogP contribution in [-0.2, 0) is 9.53 Å². The highest BCUT2D eigenvalue weighted by atomic mass is 16.5. The molecule has 1 heterocycles. The Morgan fingerprint density at radius 2 is 1.92 bits per heavy atom. The lowest BCUT2D eigenvalue weighted by atomic mass is 10.1. The summed E-state index contributed by atoms with van der Waals surface area (Å²) in [6.07, 6.45) is 1.98. The molecule has 0 aliphatic carbocycles. The molecule has 0 bridgehead atoms. The summed E-state index contributed by atoms with van der Waals surface area (Å²) in [5.74, 6) is 0.930. The van der Waals surface area contributed by atoms with Gasteiger partial charge in [0.15, 0.2) is 6.61 Å². The fourth-order valence-corrected chi connectivity index (χ4v) is 2.73. The zero-order valence-corrected chi connectivity index (χ0v) is 16.2. The SMILES string of the molecule is CC(C)COC1CCN(C(=O)c2cccc(OCC(=O)N(C)C)c2)CC1. The zero-order valence-electron chi connectivity index (χ0n) is 16.2. The van der Waals surface area contributed by atoms with E-state index in [1.807, 2.05) is 4.90 Å². The van der Waals surface area contributed by atoms with E-state index in [2.05, 4.69) is 13.8 Å². The third-order valence-electron chi connectivity index (χ3n) is 4.34. The predicted octanol–water partition coefficient (Wildman–Crippen LogP) is 2.43. The first-order valence-corrected chi connectivity index (χ1v) is 9.20. The molecule has 1 fully saturated rings. The maximum Gasteiger partial charge on any atom is 0.259 e. The van der Waals surface area contributed by atoms with Crippen LogP contribution in [-0.4, -0.2) is 68.1 Å². The Morgan fingerprint density at radius 3 is 2.54 bits per heavy atom. The van der Waals surface area contributed by atoms with Crippen molar-refractivity contribution in [3.63, 3.8) is 0 Å². The van der Waals surface area contributed by atoms with E-state index >= 15 is 0 Å². The van der Waals surface area contributed by atoms with Gasteiger partial charge in [0.25, 0.3) is 11.8 Å². The van der Waals surface area contributed by atoms with Gasteiger partial charge >= 0.3 is 0 Å². The number of carbonyl (C=O) groups excluding carboxylic acids is 2. The fourth-order valence-electron chi connectivity index (χ4n) is 2.73. The lowest BCUT2D eigenvalue weighted by Crippen LogP contribution is -2.41. The molecule has 2 amide bonds. The lowest BCUT2D eigenvalue weighted by Gasteiger charge is -2.32. The Bertz CT molecular complexity index is 608. The Labute approximate surface area is 156 Å². The summed E-state index contributed by atoms with van der Waals surface area (Å²) < 4.78 is 11.4. The molecule has 0 radical (unpaired) electrons. The molecule has 1 saturated heterocycles. The number of carbonyl (C=O) groups is 2. The summed E-state index contributed by atoms with van der Waals surface area (Å²) in [5, 5.41) is 0. The van der Waals surface area contributed by atoms with E-state index in [0.29, 0.717) is 30.3 Å². The van der Waals surface area contributed by atoms with E-state index in [9.17, 15) is 9.59 Å². The predicted molar refractivity (Wildman–Crippen MR) is 100 cm³/mol. The summed E-state index contributed by atoms with van der Waals surface area (Å²) in [6, 6.07) is 7.02. The van der Waals surface area contributed by atoms with Crippen LogP contribution < -0.4 is 4.74 Å². The number of benzene rings is 1. The average Bonchev–Trinajstić information content (AvgIpc) is 2.64. The van der Waals surface area contributed by atoms with Gasteiger partial charge in [0.05, 0.1) is 6.10 Å². The molecule has 0 saturated carbocycles. The highest BCUT2D eigenvalue weighted by Gasteiger charge is 2.24. The largest absolute Gasteiger partial charge is 0.484 e. The highest BCUT2D eigenvalue weighted by molar-refractivity contribution is 5.94. The van der Waals surface area contributed by atoms with Crippen LogP contribution in [0.5, 0.6) is 5.75 Å². The molecule has 26 heavy (non-hydrogen) atoms. The van der Waals surface area contributed by atoms with Gasteiger partial charge in [-0.1, -0.05) is 19.9 Å². The van der Waals surface area contributed by atoms with Gasteiger partial charge in [-0.3, -0.25) is 9.59 Å². The van der Waals surface area contributed by atoms with Gasteiger partial charge in [-0.15, -0.1) is 0 Å². The number of hydrogen-bond acceptors (Lipinski definition) is 4. The highest BCUT2D eigenvalue weighted by Crippen LogP contribution is 2.19. The van der Waals surface area contributed by atoms with Gasteiger partial charge < -0.3 is 19.3 Å². The van der Waals surface area contributed by atoms with Crippen molar-refractivity contribution in [3.8, 4) is 5.75 Å². The smallest absolute Gasteiger partial charge is 0.259 e. The van der Waals surface area contributed by atoms with Gasteiger partial charge in [-0.25, -0.2) is 0 Å². The molecule has 1 aromatic carbocycles. The molecule has 2 rings (SSSR count). The first-order chi connectivity index (χ1) is 12.4. The maximum atomic E-state index is 12.7. The van der Waals surface area contributed by atoms with E-state index in [-0.39, 0.29) is 24.5 Å². The molecule has 0 atom stereocenters. The average molecular weight is 362 g/mol. The summed E-state index contributed by atoms with van der Waals surface area (Å²) in [5.41, 5.74) is 0.585. The van der Waals surface area contributed by atoms with Crippen LogP contribution in [0.25, 0.3) is 0 Å². The second-order valence-corrected chi connectivity index (χ2v) is 7.32. The van der Waals surface area contributed by atoms with Crippen LogP contribution in [0.2, 0.25) is 0 Å². The summed E-state index contributed by atoms with van der Waals surface area (Å²) >= 11 is 0. The Hall–Kier alpha value is -2.08. The Balaban J connectivity index is 1.88. The molecule has 144 valence electrons. The molecule has 0 unspecified atom stereocenters. The second-order valence-electron chi connectivity index (χ2n) is 7.32. The fraction of sp³-hybridized carbons (Fsp3) is 0.600. The quantitative estimate of drug-likeness (QED) is 0.747. The normalized spacial score (nSPS) is 15.2. The van der Waals surface area contributed by atoms with Crippen molar-refractivity contribution in [2.45, 2.75) is 32.8 Å². The van der Waals surface area contributed by atoms with Crippen molar-refractivity contribution in [2.75, 3.05) is 40.4 Å². The van der Waals surface area contributed by atoms with E-state index in [0.717, 1.165) is 19.4 Å². The van der Waals surface area contributed by atoms with Crippen LogP contribution >= 0.6 is 0 Å². The van der Waals surface area contributed by atoms with Gasteiger partial charge in [0.1, 0.15) is 5.75 Å². The minimum Gasteiger partial charge on any atom is -0.484 e. The number of piperidine rings is 1. The van der Waals surface area contributed by atoms with Gasteiger partial charge in [-0.05, 0) is 37.0 Å². The molecular formula is C20H30N2O4. The Morgan fingerprint density at radius 1 is 1.23 bits per heavy atom. The second kappa shape index (κ2) is 9.57. The topological polar surface area (TPSA) is 59.1 Å². The Kier molecular flexibility index (Phi) is 7.45. The van der Waals surface area contributed by atoms with E-state index < -0.39 is 0 Å². The van der Waals surface area contributed by atoms with Crippen LogP contribution in [0.1, 0.15) is 37.0 Å². The molecule has 0 aromatic heterocycles. The third-order valence-corrected chi connectivity index (χ3v) is 4.34. The van der Waals surface area contributed by atoms with Crippen molar-refractivity contribution in [2.24, 2.45) is 5.92 Å². The van der Waals surface area contributed by atoms with Crippen molar-refractivity contribution < 1.29 is 19.1 Å². The number of likely N-dealkylation sites (N-methyl/N-ethyl adjacent to an activating group) is 1. The van der Waals surface area contributed by atoms with Crippen LogP contribution in [0.15, 0.2) is 24.3 Å². The van der Waals surface area contributed by atoms with Crippen LogP contribution in [0.3, 0.4) is 0 Å². The number of amides is 2. The van der Waals surface area contributed by atoms with Gasteiger partial charge in [0, 0.05) is 39.4 Å². The lowest BCUT2D eigenvalue weighted by molar-refractivity contribution is -0.130. The van der Waals surface area contributed by atoms with Crippen molar-refractivity contribution in [1.29, 1.82) is 0 Å². The minimum absolute atomic E-state index is 0.00306. The molecule has 0 N–H and O–H groups in total. The molecular weight excluding hydrogens is 332 g/mol. The van der Waals surface area contributed by atoms with Gasteiger partial charge in [0.2, 0.25) is 0 Å². The standard InChI is InChI=1S/C20H30N2O4/c1-15(2)13-25-17-8-10-22(11-9-17)20(24)16-6-5-7-18(12-16)26-14-19(23)21(3)4/h5-7,12,15,17H,8-11,13-14H2,1-4H3. The number of hydrogen-bond donors (Lipinski definition) is 0. The first kappa shape index (κ1) is 20.2. The number of rotatable bonds is 7. The summed E-state index contributed by atoms with van der Waals surface area (Å²) in [6.45, 7) is 6.41. The molecule has 6 heteroatoms. The minimum atomic E-state index is -0.120. The van der Waals surface area contributed by atoms with Crippen molar-refractivity contribution in [1.82, 2.24) is 9.80 Å². The van der Waals surface area contributed by atoms with Crippen LogP contribution in [0, 0.1) is 5.92 Å². The van der Waals surface area contributed by atoms with E-state index in [1.54, 1.807) is 38.4 Å². The molecule has 1 aliphatic heterocycles. The van der Waals surface area contributed by atoms with E-state index in [4.69, 9.17) is 9.47 Å². The number of likely N-dealkylation sites (tertiary alicyclic amines) is 1. The van der Waals surface area contributed by atoms with Gasteiger partial charge in [-0.2, -0.15) is 0 Å².